The van der Waals surface area contributed by atoms with Gasteiger partial charge in [-0.15, -0.1) is 0 Å². The molecule has 0 saturated heterocycles. The molecule has 0 aliphatic heterocycles. The van der Waals surface area contributed by atoms with E-state index in [0.29, 0.717) is 17.8 Å². The zero-order valence-electron chi connectivity index (χ0n) is 10.4. The van der Waals surface area contributed by atoms with Crippen molar-refractivity contribution in [2.24, 2.45) is 0 Å². The predicted octanol–water partition coefficient (Wildman–Crippen LogP) is 2.62. The summed E-state index contributed by atoms with van der Waals surface area (Å²) < 4.78 is 17.9. The number of ether oxygens (including phenoxy) is 1. The quantitative estimate of drug-likeness (QED) is 0.858. The van der Waals surface area contributed by atoms with E-state index >= 15 is 0 Å². The zero-order valence-corrected chi connectivity index (χ0v) is 10.4. The van der Waals surface area contributed by atoms with Crippen molar-refractivity contribution < 1.29 is 13.9 Å². The maximum atomic E-state index is 13.2. The van der Waals surface area contributed by atoms with Crippen molar-refractivity contribution in [2.75, 3.05) is 12.4 Å². The molecule has 5 heteroatoms. The Hall–Kier alpha value is -2.43. The molecule has 0 spiro atoms. The standard InChI is InChI=1S/C14H13FN2O2/c1-19-14(18)12-3-2-11(15)8-13(12)17-9-10-4-6-16-7-5-10/h2-8,17H,9H2,1H3. The lowest BCUT2D eigenvalue weighted by molar-refractivity contribution is 0.0602. The summed E-state index contributed by atoms with van der Waals surface area (Å²) in [5.41, 5.74) is 1.69. The van der Waals surface area contributed by atoms with Crippen molar-refractivity contribution >= 4 is 11.7 Å². The van der Waals surface area contributed by atoms with Gasteiger partial charge in [0.2, 0.25) is 0 Å². The first kappa shape index (κ1) is 13.0. The van der Waals surface area contributed by atoms with Gasteiger partial charge < -0.3 is 10.1 Å². The normalized spacial score (nSPS) is 10.0. The average Bonchev–Trinajstić information content (AvgIpc) is 2.45. The van der Waals surface area contributed by atoms with Gasteiger partial charge in [0.05, 0.1) is 18.4 Å². The molecule has 19 heavy (non-hydrogen) atoms. The van der Waals surface area contributed by atoms with Gasteiger partial charge in [0, 0.05) is 18.9 Å². The minimum absolute atomic E-state index is 0.304. The average molecular weight is 260 g/mol. The third-order valence-electron chi connectivity index (χ3n) is 2.62. The number of hydrogen-bond donors (Lipinski definition) is 1. The van der Waals surface area contributed by atoms with Gasteiger partial charge in [-0.05, 0) is 35.9 Å². The molecule has 1 heterocycles. The van der Waals surface area contributed by atoms with Crippen LogP contribution in [0, 0.1) is 5.82 Å². The van der Waals surface area contributed by atoms with Crippen LogP contribution in [0.1, 0.15) is 15.9 Å². The van der Waals surface area contributed by atoms with E-state index < -0.39 is 11.8 Å². The number of hydrogen-bond acceptors (Lipinski definition) is 4. The van der Waals surface area contributed by atoms with Crippen molar-refractivity contribution in [3.8, 4) is 0 Å². The first-order chi connectivity index (χ1) is 9.20. The summed E-state index contributed by atoms with van der Waals surface area (Å²) in [6.07, 6.45) is 3.34. The number of benzene rings is 1. The summed E-state index contributed by atoms with van der Waals surface area (Å²) in [5, 5.41) is 3.02. The van der Waals surface area contributed by atoms with Crippen molar-refractivity contribution in [1.29, 1.82) is 0 Å². The van der Waals surface area contributed by atoms with Crippen LogP contribution in [0.2, 0.25) is 0 Å². The molecule has 0 fully saturated rings. The largest absolute Gasteiger partial charge is 0.465 e. The number of nitrogens with zero attached hydrogens (tertiary/aromatic N) is 1. The zero-order chi connectivity index (χ0) is 13.7. The molecule has 1 aromatic heterocycles. The third-order valence-corrected chi connectivity index (χ3v) is 2.62. The molecule has 0 radical (unpaired) electrons. The molecule has 0 aliphatic rings. The monoisotopic (exact) mass is 260 g/mol. The van der Waals surface area contributed by atoms with Crippen LogP contribution >= 0.6 is 0 Å². The number of carbonyl (C=O) groups is 1. The molecule has 1 N–H and O–H groups in total. The van der Waals surface area contributed by atoms with E-state index in [-0.39, 0.29) is 0 Å². The Labute approximate surface area is 110 Å². The number of esters is 1. The number of pyridine rings is 1. The van der Waals surface area contributed by atoms with Crippen LogP contribution in [0.15, 0.2) is 42.7 Å². The van der Waals surface area contributed by atoms with Gasteiger partial charge in [-0.2, -0.15) is 0 Å². The lowest BCUT2D eigenvalue weighted by Gasteiger charge is -2.10. The van der Waals surface area contributed by atoms with Gasteiger partial charge in [0.25, 0.3) is 0 Å². The highest BCUT2D eigenvalue weighted by atomic mass is 19.1. The fourth-order valence-corrected chi connectivity index (χ4v) is 1.65. The lowest BCUT2D eigenvalue weighted by Crippen LogP contribution is -2.08. The number of rotatable bonds is 4. The number of methoxy groups -OCH3 is 1. The Bertz CT molecular complexity index is 573. The summed E-state index contributed by atoms with van der Waals surface area (Å²) >= 11 is 0. The van der Waals surface area contributed by atoms with E-state index in [4.69, 9.17) is 0 Å². The highest BCUT2D eigenvalue weighted by Crippen LogP contribution is 2.19. The minimum atomic E-state index is -0.503. The molecule has 2 rings (SSSR count). The molecule has 0 saturated carbocycles. The molecule has 0 atom stereocenters. The third kappa shape index (κ3) is 3.28. The second-order valence-electron chi connectivity index (χ2n) is 3.89. The second-order valence-corrected chi connectivity index (χ2v) is 3.89. The topological polar surface area (TPSA) is 51.2 Å². The highest BCUT2D eigenvalue weighted by molar-refractivity contribution is 5.95. The molecule has 2 aromatic rings. The molecule has 0 aliphatic carbocycles. The number of nitrogens with one attached hydrogen (secondary N) is 1. The highest BCUT2D eigenvalue weighted by Gasteiger charge is 2.12. The maximum Gasteiger partial charge on any atom is 0.339 e. The van der Waals surface area contributed by atoms with Crippen molar-refractivity contribution in [1.82, 2.24) is 4.98 Å². The van der Waals surface area contributed by atoms with Crippen LogP contribution in [0.5, 0.6) is 0 Å². The molecule has 4 nitrogen and oxygen atoms in total. The minimum Gasteiger partial charge on any atom is -0.465 e. The van der Waals surface area contributed by atoms with Gasteiger partial charge in [-0.3, -0.25) is 4.98 Å². The first-order valence-electron chi connectivity index (χ1n) is 5.71. The Morgan fingerprint density at radius 3 is 2.74 bits per heavy atom. The Morgan fingerprint density at radius 2 is 2.05 bits per heavy atom. The Morgan fingerprint density at radius 1 is 1.32 bits per heavy atom. The van der Waals surface area contributed by atoms with Gasteiger partial charge >= 0.3 is 5.97 Å². The fraction of sp³-hybridized carbons (Fsp3) is 0.143. The van der Waals surface area contributed by atoms with E-state index in [1.54, 1.807) is 12.4 Å². The van der Waals surface area contributed by atoms with Crippen molar-refractivity contribution in [3.63, 3.8) is 0 Å². The van der Waals surface area contributed by atoms with Crippen LogP contribution in [0.3, 0.4) is 0 Å². The number of aromatic nitrogens is 1. The predicted molar refractivity (Wildman–Crippen MR) is 69.3 cm³/mol. The molecule has 98 valence electrons. The summed E-state index contributed by atoms with van der Waals surface area (Å²) in [6, 6.07) is 7.57. The van der Waals surface area contributed by atoms with E-state index in [1.165, 1.54) is 25.3 Å². The number of carbonyl (C=O) groups excluding carboxylic acids is 1. The van der Waals surface area contributed by atoms with Crippen LogP contribution in [-0.4, -0.2) is 18.1 Å². The van der Waals surface area contributed by atoms with Crippen LogP contribution < -0.4 is 5.32 Å². The fourth-order valence-electron chi connectivity index (χ4n) is 1.65. The Balaban J connectivity index is 2.19. The Kier molecular flexibility index (Phi) is 4.07. The van der Waals surface area contributed by atoms with E-state index in [9.17, 15) is 9.18 Å². The van der Waals surface area contributed by atoms with E-state index in [2.05, 4.69) is 15.0 Å². The molecule has 0 amide bonds. The van der Waals surface area contributed by atoms with Gasteiger partial charge in [0.1, 0.15) is 5.82 Å². The lowest BCUT2D eigenvalue weighted by atomic mass is 10.1. The molecule has 0 bridgehead atoms. The molecular weight excluding hydrogens is 247 g/mol. The summed E-state index contributed by atoms with van der Waals surface area (Å²) in [5.74, 6) is -0.915. The molecular formula is C14H13FN2O2. The van der Waals surface area contributed by atoms with E-state index in [0.717, 1.165) is 5.56 Å². The van der Waals surface area contributed by atoms with Crippen LogP contribution in [0.25, 0.3) is 0 Å². The van der Waals surface area contributed by atoms with Crippen molar-refractivity contribution in [3.05, 3.63) is 59.7 Å². The van der Waals surface area contributed by atoms with Crippen LogP contribution in [0.4, 0.5) is 10.1 Å². The van der Waals surface area contributed by atoms with Gasteiger partial charge in [-0.1, -0.05) is 0 Å². The SMILES string of the molecule is COC(=O)c1ccc(F)cc1NCc1ccncc1. The van der Waals surface area contributed by atoms with E-state index in [1.807, 2.05) is 12.1 Å². The number of halogens is 1. The molecule has 1 aromatic carbocycles. The van der Waals surface area contributed by atoms with Gasteiger partial charge in [0.15, 0.2) is 0 Å². The summed E-state index contributed by atoms with van der Waals surface area (Å²) in [7, 11) is 1.29. The van der Waals surface area contributed by atoms with Gasteiger partial charge in [-0.25, -0.2) is 9.18 Å². The maximum absolute atomic E-state index is 13.2. The van der Waals surface area contributed by atoms with Crippen molar-refractivity contribution in [2.45, 2.75) is 6.54 Å². The second kappa shape index (κ2) is 5.95. The van der Waals surface area contributed by atoms with Crippen LogP contribution in [-0.2, 0) is 11.3 Å². The smallest absolute Gasteiger partial charge is 0.339 e. The summed E-state index contributed by atoms with van der Waals surface area (Å²) in [6.45, 7) is 0.468. The summed E-state index contributed by atoms with van der Waals surface area (Å²) in [4.78, 5) is 15.5. The first-order valence-corrected chi connectivity index (χ1v) is 5.71. The number of anilines is 1. The molecule has 0 unspecified atom stereocenters.